The van der Waals surface area contributed by atoms with Gasteiger partial charge in [0.25, 0.3) is 0 Å². The van der Waals surface area contributed by atoms with Crippen LogP contribution in [-0.2, 0) is 19.6 Å². The molecule has 140 valence electrons. The maximum absolute atomic E-state index is 12.5. The van der Waals surface area contributed by atoms with Gasteiger partial charge in [-0.1, -0.05) is 19.9 Å². The fourth-order valence-corrected chi connectivity index (χ4v) is 3.70. The number of benzene rings is 1. The highest BCUT2D eigenvalue weighted by Gasteiger charge is 2.22. The van der Waals surface area contributed by atoms with Gasteiger partial charge in [0.2, 0.25) is 15.9 Å². The van der Waals surface area contributed by atoms with Gasteiger partial charge in [0.1, 0.15) is 6.04 Å². The zero-order valence-electron chi connectivity index (χ0n) is 14.9. The SMILES string of the molecule is CCN(CC)S(=O)(=O)c1cccc(NC(=O)CN(C)C(C)C(=O)O)c1. The molecular weight excluding hydrogens is 346 g/mol. The molecule has 1 rings (SSSR count). The third kappa shape index (κ3) is 5.52. The van der Waals surface area contributed by atoms with Crippen LogP contribution in [0.15, 0.2) is 29.2 Å². The van der Waals surface area contributed by atoms with Crippen LogP contribution in [-0.4, -0.2) is 67.3 Å². The fourth-order valence-electron chi connectivity index (χ4n) is 2.20. The van der Waals surface area contributed by atoms with Crippen molar-refractivity contribution in [1.29, 1.82) is 0 Å². The summed E-state index contributed by atoms with van der Waals surface area (Å²) in [6.07, 6.45) is 0. The largest absolute Gasteiger partial charge is 0.480 e. The van der Waals surface area contributed by atoms with Gasteiger partial charge in [-0.2, -0.15) is 4.31 Å². The van der Waals surface area contributed by atoms with Crippen LogP contribution in [0.3, 0.4) is 0 Å². The normalized spacial score (nSPS) is 13.0. The number of carbonyl (C=O) groups excluding carboxylic acids is 1. The summed E-state index contributed by atoms with van der Waals surface area (Å²) in [5.41, 5.74) is 0.342. The highest BCUT2D eigenvalue weighted by molar-refractivity contribution is 7.89. The number of anilines is 1. The van der Waals surface area contributed by atoms with Gasteiger partial charge < -0.3 is 10.4 Å². The van der Waals surface area contributed by atoms with Crippen molar-refractivity contribution >= 4 is 27.6 Å². The smallest absolute Gasteiger partial charge is 0.320 e. The Hall–Kier alpha value is -1.97. The summed E-state index contributed by atoms with van der Waals surface area (Å²) in [6.45, 7) is 5.58. The third-order valence-corrected chi connectivity index (χ3v) is 5.92. The maximum atomic E-state index is 12.5. The number of carbonyl (C=O) groups is 2. The zero-order chi connectivity index (χ0) is 19.2. The number of nitrogens with zero attached hydrogens (tertiary/aromatic N) is 2. The van der Waals surface area contributed by atoms with Gasteiger partial charge in [0, 0.05) is 18.8 Å². The van der Waals surface area contributed by atoms with Gasteiger partial charge in [-0.05, 0) is 32.2 Å². The summed E-state index contributed by atoms with van der Waals surface area (Å²) < 4.78 is 26.4. The van der Waals surface area contributed by atoms with Crippen molar-refractivity contribution in [3.8, 4) is 0 Å². The third-order valence-electron chi connectivity index (χ3n) is 3.87. The minimum absolute atomic E-state index is 0.0984. The number of likely N-dealkylation sites (N-methyl/N-ethyl adjacent to an activating group) is 1. The zero-order valence-corrected chi connectivity index (χ0v) is 15.7. The van der Waals surface area contributed by atoms with Gasteiger partial charge in [0.15, 0.2) is 0 Å². The molecule has 1 aromatic carbocycles. The highest BCUT2D eigenvalue weighted by Crippen LogP contribution is 2.19. The van der Waals surface area contributed by atoms with E-state index in [9.17, 15) is 18.0 Å². The molecule has 25 heavy (non-hydrogen) atoms. The molecule has 0 spiro atoms. The number of rotatable bonds is 9. The van der Waals surface area contributed by atoms with E-state index in [0.29, 0.717) is 18.8 Å². The van der Waals surface area contributed by atoms with Crippen molar-refractivity contribution in [3.05, 3.63) is 24.3 Å². The first-order valence-corrected chi connectivity index (χ1v) is 9.40. The highest BCUT2D eigenvalue weighted by atomic mass is 32.2. The lowest BCUT2D eigenvalue weighted by Gasteiger charge is -2.21. The molecule has 0 aliphatic heterocycles. The standard InChI is InChI=1S/C16H25N3O5S/c1-5-19(6-2)25(23,24)14-9-7-8-13(10-14)17-15(20)11-18(4)12(3)16(21)22/h7-10,12H,5-6,11H2,1-4H3,(H,17,20)(H,21,22). The Bertz CT molecular complexity index is 716. The molecule has 1 unspecified atom stereocenters. The van der Waals surface area contributed by atoms with Crippen LogP contribution in [0.4, 0.5) is 5.69 Å². The van der Waals surface area contributed by atoms with Gasteiger partial charge in [-0.15, -0.1) is 0 Å². The fraction of sp³-hybridized carbons (Fsp3) is 0.500. The number of sulfonamides is 1. The van der Waals surface area contributed by atoms with E-state index in [1.807, 2.05) is 0 Å². The molecule has 0 saturated heterocycles. The van der Waals surface area contributed by atoms with Crippen LogP contribution in [0, 0.1) is 0 Å². The average Bonchev–Trinajstić information content (AvgIpc) is 2.54. The summed E-state index contributed by atoms with van der Waals surface area (Å²) in [5, 5.41) is 11.5. The van der Waals surface area contributed by atoms with E-state index in [0.717, 1.165) is 0 Å². The molecule has 1 atom stereocenters. The number of hydrogen-bond acceptors (Lipinski definition) is 5. The minimum Gasteiger partial charge on any atom is -0.480 e. The molecule has 8 nitrogen and oxygen atoms in total. The van der Waals surface area contributed by atoms with E-state index >= 15 is 0 Å². The molecule has 0 bridgehead atoms. The first kappa shape index (κ1) is 21.1. The van der Waals surface area contributed by atoms with Crippen molar-refractivity contribution in [3.63, 3.8) is 0 Å². The number of carboxylic acids is 1. The van der Waals surface area contributed by atoms with E-state index < -0.39 is 27.9 Å². The molecule has 9 heteroatoms. The predicted molar refractivity (Wildman–Crippen MR) is 94.9 cm³/mol. The van der Waals surface area contributed by atoms with Crippen LogP contribution >= 0.6 is 0 Å². The van der Waals surface area contributed by atoms with Crippen molar-refractivity contribution in [2.24, 2.45) is 0 Å². The first-order chi connectivity index (χ1) is 11.6. The molecular formula is C16H25N3O5S. The van der Waals surface area contributed by atoms with Crippen LogP contribution < -0.4 is 5.32 Å². The second-order valence-electron chi connectivity index (χ2n) is 5.59. The molecule has 0 aliphatic carbocycles. The monoisotopic (exact) mass is 371 g/mol. The van der Waals surface area contributed by atoms with Gasteiger partial charge in [-0.25, -0.2) is 8.42 Å². The van der Waals surface area contributed by atoms with E-state index in [2.05, 4.69) is 5.32 Å². The number of aliphatic carboxylic acids is 1. The Balaban J connectivity index is 2.89. The van der Waals surface area contributed by atoms with Gasteiger partial charge in [-0.3, -0.25) is 14.5 Å². The molecule has 0 fully saturated rings. The minimum atomic E-state index is -3.61. The van der Waals surface area contributed by atoms with Crippen LogP contribution in [0.2, 0.25) is 0 Å². The Kier molecular flexibility index (Phi) is 7.53. The van der Waals surface area contributed by atoms with E-state index in [-0.39, 0.29) is 11.4 Å². The summed E-state index contributed by atoms with van der Waals surface area (Å²) >= 11 is 0. The molecule has 1 amide bonds. The van der Waals surface area contributed by atoms with Crippen LogP contribution in [0.5, 0.6) is 0 Å². The lowest BCUT2D eigenvalue weighted by molar-refractivity contribution is -0.142. The number of carboxylic acid groups (broad SMARTS) is 1. The lowest BCUT2D eigenvalue weighted by Crippen LogP contribution is -2.40. The first-order valence-electron chi connectivity index (χ1n) is 7.96. The van der Waals surface area contributed by atoms with Crippen LogP contribution in [0.1, 0.15) is 20.8 Å². The van der Waals surface area contributed by atoms with Gasteiger partial charge in [0.05, 0.1) is 11.4 Å². The predicted octanol–water partition coefficient (Wildman–Crippen LogP) is 1.06. The molecule has 0 radical (unpaired) electrons. The van der Waals surface area contributed by atoms with E-state index in [4.69, 9.17) is 5.11 Å². The van der Waals surface area contributed by atoms with Gasteiger partial charge >= 0.3 is 5.97 Å². The average molecular weight is 371 g/mol. The summed E-state index contributed by atoms with van der Waals surface area (Å²) in [7, 11) is -2.09. The van der Waals surface area contributed by atoms with Crippen molar-refractivity contribution in [2.75, 3.05) is 32.0 Å². The quantitative estimate of drug-likeness (QED) is 0.672. The Labute approximate surface area is 148 Å². The summed E-state index contributed by atoms with van der Waals surface area (Å²) in [5.74, 6) is -1.45. The Morgan fingerprint density at radius 3 is 2.36 bits per heavy atom. The molecule has 0 aliphatic rings. The molecule has 0 heterocycles. The number of hydrogen-bond donors (Lipinski definition) is 2. The molecule has 1 aromatic rings. The topological polar surface area (TPSA) is 107 Å². The summed E-state index contributed by atoms with van der Waals surface area (Å²) in [4.78, 5) is 24.4. The molecule has 2 N–H and O–H groups in total. The molecule has 0 saturated carbocycles. The Morgan fingerprint density at radius 2 is 1.84 bits per heavy atom. The maximum Gasteiger partial charge on any atom is 0.320 e. The van der Waals surface area contributed by atoms with E-state index in [1.54, 1.807) is 26.0 Å². The number of nitrogens with one attached hydrogen (secondary N) is 1. The summed E-state index contributed by atoms with van der Waals surface area (Å²) in [6, 6.07) is 5.20. The second-order valence-corrected chi connectivity index (χ2v) is 7.53. The van der Waals surface area contributed by atoms with Crippen molar-refractivity contribution < 1.29 is 23.1 Å². The van der Waals surface area contributed by atoms with Crippen LogP contribution in [0.25, 0.3) is 0 Å². The van der Waals surface area contributed by atoms with Crippen molar-refractivity contribution in [1.82, 2.24) is 9.21 Å². The van der Waals surface area contributed by atoms with E-state index in [1.165, 1.54) is 35.3 Å². The van der Waals surface area contributed by atoms with Crippen molar-refractivity contribution in [2.45, 2.75) is 31.7 Å². The Morgan fingerprint density at radius 1 is 1.24 bits per heavy atom. The lowest BCUT2D eigenvalue weighted by atomic mass is 10.3. The molecule has 0 aromatic heterocycles. The second kappa shape index (κ2) is 8.93. The number of amides is 1.